The maximum atomic E-state index is 12.2. The molecular formula is C18H22N2O5S. The summed E-state index contributed by atoms with van der Waals surface area (Å²) in [6, 6.07) is 12.5. The number of rotatable bonds is 8. The van der Waals surface area contributed by atoms with E-state index in [1.165, 1.54) is 24.3 Å². The van der Waals surface area contributed by atoms with E-state index in [4.69, 9.17) is 4.74 Å². The molecule has 0 aliphatic carbocycles. The number of ether oxygens (including phenoxy) is 1. The van der Waals surface area contributed by atoms with Crippen LogP contribution in [-0.2, 0) is 10.0 Å². The Hall–Kier alpha value is -2.42. The number of sulfonamides is 1. The third-order valence-corrected chi connectivity index (χ3v) is 5.28. The maximum Gasteiger partial charge on any atom is 0.251 e. The molecule has 26 heavy (non-hydrogen) atoms. The van der Waals surface area contributed by atoms with Crippen LogP contribution in [0, 0.1) is 0 Å². The van der Waals surface area contributed by atoms with Gasteiger partial charge in [0.05, 0.1) is 18.1 Å². The van der Waals surface area contributed by atoms with Gasteiger partial charge in [0, 0.05) is 18.7 Å². The standard InChI is InChI=1S/C18H22N2O5S/c1-3-20-26(23,24)16-10-6-14(7-11-16)18(22)19-12-17(21)13-4-8-15(25-2)9-5-13/h4-11,17,20-21H,3,12H2,1-2H3,(H,19,22). The Morgan fingerprint density at radius 1 is 1.12 bits per heavy atom. The molecule has 0 aromatic heterocycles. The van der Waals surface area contributed by atoms with E-state index in [-0.39, 0.29) is 18.0 Å². The molecule has 0 heterocycles. The summed E-state index contributed by atoms with van der Waals surface area (Å²) in [4.78, 5) is 12.3. The van der Waals surface area contributed by atoms with Gasteiger partial charge in [-0.1, -0.05) is 19.1 Å². The molecule has 0 fully saturated rings. The van der Waals surface area contributed by atoms with Crippen LogP contribution in [-0.4, -0.2) is 39.6 Å². The van der Waals surface area contributed by atoms with Gasteiger partial charge in [0.2, 0.25) is 10.0 Å². The Bertz CT molecular complexity index is 833. The first kappa shape index (κ1) is 19.9. The first-order valence-electron chi connectivity index (χ1n) is 8.07. The SMILES string of the molecule is CCNS(=O)(=O)c1ccc(C(=O)NCC(O)c2ccc(OC)cc2)cc1. The van der Waals surface area contributed by atoms with Crippen LogP contribution < -0.4 is 14.8 Å². The van der Waals surface area contributed by atoms with E-state index in [1.807, 2.05) is 0 Å². The first-order valence-corrected chi connectivity index (χ1v) is 9.55. The number of hydrogen-bond donors (Lipinski definition) is 3. The maximum absolute atomic E-state index is 12.2. The molecule has 3 N–H and O–H groups in total. The lowest BCUT2D eigenvalue weighted by Gasteiger charge is -2.13. The largest absolute Gasteiger partial charge is 0.497 e. The van der Waals surface area contributed by atoms with Crippen LogP contribution in [0.4, 0.5) is 0 Å². The molecule has 2 rings (SSSR count). The Labute approximate surface area is 153 Å². The number of amides is 1. The number of aliphatic hydroxyl groups excluding tert-OH is 1. The van der Waals surface area contributed by atoms with Gasteiger partial charge in [0.25, 0.3) is 5.91 Å². The van der Waals surface area contributed by atoms with E-state index in [9.17, 15) is 18.3 Å². The van der Waals surface area contributed by atoms with Crippen LogP contribution in [0.5, 0.6) is 5.75 Å². The van der Waals surface area contributed by atoms with Gasteiger partial charge in [-0.05, 0) is 42.0 Å². The molecule has 1 atom stereocenters. The van der Waals surface area contributed by atoms with Gasteiger partial charge < -0.3 is 15.2 Å². The average molecular weight is 378 g/mol. The van der Waals surface area contributed by atoms with Gasteiger partial charge >= 0.3 is 0 Å². The molecule has 7 nitrogen and oxygen atoms in total. The third-order valence-electron chi connectivity index (χ3n) is 3.72. The van der Waals surface area contributed by atoms with Crippen molar-refractivity contribution in [2.75, 3.05) is 20.2 Å². The monoisotopic (exact) mass is 378 g/mol. The van der Waals surface area contributed by atoms with Crippen molar-refractivity contribution >= 4 is 15.9 Å². The molecule has 0 radical (unpaired) electrons. The van der Waals surface area contributed by atoms with Crippen molar-refractivity contribution in [1.82, 2.24) is 10.0 Å². The van der Waals surface area contributed by atoms with Gasteiger partial charge in [0.1, 0.15) is 5.75 Å². The van der Waals surface area contributed by atoms with Crippen LogP contribution in [0.25, 0.3) is 0 Å². The third kappa shape index (κ3) is 5.04. The number of aliphatic hydroxyl groups is 1. The summed E-state index contributed by atoms with van der Waals surface area (Å²) < 4.78 is 31.2. The second-order valence-corrected chi connectivity index (χ2v) is 7.29. The fourth-order valence-electron chi connectivity index (χ4n) is 2.29. The minimum atomic E-state index is -3.55. The lowest BCUT2D eigenvalue weighted by atomic mass is 10.1. The quantitative estimate of drug-likeness (QED) is 0.645. The summed E-state index contributed by atoms with van der Waals surface area (Å²) in [7, 11) is -2.00. The highest BCUT2D eigenvalue weighted by atomic mass is 32.2. The number of nitrogens with one attached hydrogen (secondary N) is 2. The molecule has 140 valence electrons. The van der Waals surface area contributed by atoms with Crippen molar-refractivity contribution in [2.24, 2.45) is 0 Å². The molecule has 2 aromatic rings. The molecule has 0 saturated heterocycles. The highest BCUT2D eigenvalue weighted by Crippen LogP contribution is 2.17. The zero-order chi connectivity index (χ0) is 19.2. The summed E-state index contributed by atoms with van der Waals surface area (Å²) in [6.45, 7) is 2.00. The lowest BCUT2D eigenvalue weighted by Crippen LogP contribution is -2.28. The van der Waals surface area contributed by atoms with E-state index in [0.29, 0.717) is 16.9 Å². The number of methoxy groups -OCH3 is 1. The Balaban J connectivity index is 1.96. The summed E-state index contributed by atoms with van der Waals surface area (Å²) in [6.07, 6.45) is -0.863. The molecular weight excluding hydrogens is 356 g/mol. The normalized spacial score (nSPS) is 12.4. The van der Waals surface area contributed by atoms with Crippen molar-refractivity contribution in [2.45, 2.75) is 17.9 Å². The number of carbonyl (C=O) groups excluding carboxylic acids is 1. The average Bonchev–Trinajstić information content (AvgIpc) is 2.66. The van der Waals surface area contributed by atoms with Crippen LogP contribution in [0.15, 0.2) is 53.4 Å². The topological polar surface area (TPSA) is 105 Å². The van der Waals surface area contributed by atoms with E-state index < -0.39 is 22.0 Å². The molecule has 0 aliphatic rings. The summed E-state index contributed by atoms with van der Waals surface area (Å²) in [5.41, 5.74) is 0.959. The number of carbonyl (C=O) groups is 1. The fraction of sp³-hybridized carbons (Fsp3) is 0.278. The molecule has 8 heteroatoms. The molecule has 0 aliphatic heterocycles. The summed E-state index contributed by atoms with van der Waals surface area (Å²) in [5, 5.41) is 12.8. The molecule has 1 amide bonds. The van der Waals surface area contributed by atoms with E-state index in [2.05, 4.69) is 10.0 Å². The van der Waals surface area contributed by atoms with Crippen molar-refractivity contribution in [3.63, 3.8) is 0 Å². The van der Waals surface area contributed by atoms with Crippen molar-refractivity contribution in [1.29, 1.82) is 0 Å². The van der Waals surface area contributed by atoms with Crippen molar-refractivity contribution in [3.8, 4) is 5.75 Å². The Kier molecular flexibility index (Phi) is 6.73. The predicted octanol–water partition coefficient (Wildman–Crippen LogP) is 1.46. The lowest BCUT2D eigenvalue weighted by molar-refractivity contribution is 0.0916. The van der Waals surface area contributed by atoms with Gasteiger partial charge in [-0.25, -0.2) is 13.1 Å². The van der Waals surface area contributed by atoms with Crippen LogP contribution >= 0.6 is 0 Å². The van der Waals surface area contributed by atoms with E-state index in [1.54, 1.807) is 38.3 Å². The zero-order valence-electron chi connectivity index (χ0n) is 14.6. The van der Waals surface area contributed by atoms with Gasteiger partial charge in [-0.3, -0.25) is 4.79 Å². The summed E-state index contributed by atoms with van der Waals surface area (Å²) in [5.74, 6) is 0.280. The van der Waals surface area contributed by atoms with Gasteiger partial charge in [0.15, 0.2) is 0 Å². The van der Waals surface area contributed by atoms with E-state index >= 15 is 0 Å². The molecule has 0 spiro atoms. The van der Waals surface area contributed by atoms with E-state index in [0.717, 1.165) is 0 Å². The van der Waals surface area contributed by atoms with Gasteiger partial charge in [-0.2, -0.15) is 0 Å². The van der Waals surface area contributed by atoms with Crippen molar-refractivity contribution in [3.05, 3.63) is 59.7 Å². The van der Waals surface area contributed by atoms with Gasteiger partial charge in [-0.15, -0.1) is 0 Å². The molecule has 1 unspecified atom stereocenters. The van der Waals surface area contributed by atoms with Crippen LogP contribution in [0.1, 0.15) is 28.9 Å². The first-order chi connectivity index (χ1) is 12.4. The molecule has 0 bridgehead atoms. The highest BCUT2D eigenvalue weighted by molar-refractivity contribution is 7.89. The Morgan fingerprint density at radius 2 is 1.73 bits per heavy atom. The van der Waals surface area contributed by atoms with Crippen LogP contribution in [0.3, 0.4) is 0 Å². The predicted molar refractivity (Wildman–Crippen MR) is 97.6 cm³/mol. The fourth-order valence-corrected chi connectivity index (χ4v) is 3.34. The second kappa shape index (κ2) is 8.79. The van der Waals surface area contributed by atoms with Crippen LogP contribution in [0.2, 0.25) is 0 Å². The zero-order valence-corrected chi connectivity index (χ0v) is 15.4. The number of benzene rings is 2. The molecule has 0 saturated carbocycles. The highest BCUT2D eigenvalue weighted by Gasteiger charge is 2.15. The summed E-state index contributed by atoms with van der Waals surface area (Å²) >= 11 is 0. The Morgan fingerprint density at radius 3 is 2.27 bits per heavy atom. The smallest absolute Gasteiger partial charge is 0.251 e. The number of hydrogen-bond acceptors (Lipinski definition) is 5. The minimum Gasteiger partial charge on any atom is -0.497 e. The molecule has 2 aromatic carbocycles. The van der Waals surface area contributed by atoms with Crippen molar-refractivity contribution < 1.29 is 23.1 Å². The second-order valence-electron chi connectivity index (χ2n) is 5.52. The minimum absolute atomic E-state index is 0.0304.